The summed E-state index contributed by atoms with van der Waals surface area (Å²) in [7, 11) is 0. The second-order valence-corrected chi connectivity index (χ2v) is 9.17. The maximum absolute atomic E-state index is 15.0. The van der Waals surface area contributed by atoms with Crippen molar-refractivity contribution in [1.29, 1.82) is 0 Å². The molecule has 2 heterocycles. The SMILES string of the molecule is CCCC1CCC(c2ccc(-c3ccc(C4CCC(OCC)OC4)c(F)c3F)c(F)c2F)CO1. The van der Waals surface area contributed by atoms with Gasteiger partial charge in [0.05, 0.1) is 19.3 Å². The van der Waals surface area contributed by atoms with Gasteiger partial charge in [0.1, 0.15) is 0 Å². The molecule has 2 saturated heterocycles. The predicted molar refractivity (Wildman–Crippen MR) is 122 cm³/mol. The molecule has 0 aromatic heterocycles. The van der Waals surface area contributed by atoms with E-state index in [2.05, 4.69) is 6.92 Å². The first-order chi connectivity index (χ1) is 16.4. The maximum atomic E-state index is 15.0. The highest BCUT2D eigenvalue weighted by atomic mass is 19.2. The zero-order valence-corrected chi connectivity index (χ0v) is 19.7. The van der Waals surface area contributed by atoms with Crippen LogP contribution in [-0.2, 0) is 14.2 Å². The normalized spacial score (nSPS) is 25.5. The van der Waals surface area contributed by atoms with Crippen LogP contribution in [0.3, 0.4) is 0 Å². The molecule has 34 heavy (non-hydrogen) atoms. The van der Waals surface area contributed by atoms with Crippen LogP contribution in [0.4, 0.5) is 17.6 Å². The molecule has 0 radical (unpaired) electrons. The lowest BCUT2D eigenvalue weighted by atomic mass is 9.88. The van der Waals surface area contributed by atoms with Crippen LogP contribution in [0.15, 0.2) is 24.3 Å². The number of benzene rings is 2. The molecule has 2 fully saturated rings. The summed E-state index contributed by atoms with van der Waals surface area (Å²) < 4.78 is 76.9. The Hall–Kier alpha value is -1.96. The van der Waals surface area contributed by atoms with Gasteiger partial charge in [-0.25, -0.2) is 17.6 Å². The quantitative estimate of drug-likeness (QED) is 0.391. The summed E-state index contributed by atoms with van der Waals surface area (Å²) >= 11 is 0. The Balaban J connectivity index is 1.53. The summed E-state index contributed by atoms with van der Waals surface area (Å²) in [6.07, 6.45) is 4.43. The van der Waals surface area contributed by atoms with Crippen molar-refractivity contribution in [3.05, 3.63) is 58.7 Å². The molecule has 2 aliphatic heterocycles. The third-order valence-electron chi connectivity index (χ3n) is 6.96. The van der Waals surface area contributed by atoms with Crippen LogP contribution in [-0.4, -0.2) is 32.2 Å². The van der Waals surface area contributed by atoms with Crippen LogP contribution in [0.2, 0.25) is 0 Å². The minimum absolute atomic E-state index is 0.156. The molecule has 0 saturated carbocycles. The topological polar surface area (TPSA) is 27.7 Å². The van der Waals surface area contributed by atoms with E-state index in [0.29, 0.717) is 32.5 Å². The van der Waals surface area contributed by atoms with Gasteiger partial charge in [-0.3, -0.25) is 0 Å². The minimum Gasteiger partial charge on any atom is -0.378 e. The Kier molecular flexibility index (Phi) is 8.27. The number of ether oxygens (including phenoxy) is 3. The van der Waals surface area contributed by atoms with Gasteiger partial charge in [0.2, 0.25) is 0 Å². The highest BCUT2D eigenvalue weighted by Gasteiger charge is 2.30. The molecule has 0 aliphatic carbocycles. The van der Waals surface area contributed by atoms with Crippen molar-refractivity contribution in [2.75, 3.05) is 19.8 Å². The van der Waals surface area contributed by atoms with Crippen molar-refractivity contribution in [1.82, 2.24) is 0 Å². The molecule has 3 nitrogen and oxygen atoms in total. The highest BCUT2D eigenvalue weighted by molar-refractivity contribution is 5.66. The Morgan fingerprint density at radius 1 is 0.735 bits per heavy atom. The Bertz CT molecular complexity index is 901. The van der Waals surface area contributed by atoms with E-state index in [0.717, 1.165) is 19.3 Å². The van der Waals surface area contributed by atoms with E-state index in [-0.39, 0.29) is 53.1 Å². The van der Waals surface area contributed by atoms with E-state index in [4.69, 9.17) is 14.2 Å². The zero-order chi connectivity index (χ0) is 24.2. The van der Waals surface area contributed by atoms with Gasteiger partial charge in [-0.15, -0.1) is 0 Å². The minimum atomic E-state index is -1.18. The first kappa shape index (κ1) is 25.1. The zero-order valence-electron chi connectivity index (χ0n) is 19.7. The van der Waals surface area contributed by atoms with Gasteiger partial charge >= 0.3 is 0 Å². The fraction of sp³-hybridized carbons (Fsp3) is 0.556. The maximum Gasteiger partial charge on any atom is 0.167 e. The monoisotopic (exact) mass is 480 g/mol. The van der Waals surface area contributed by atoms with Crippen LogP contribution in [0, 0.1) is 23.3 Å². The van der Waals surface area contributed by atoms with Crippen molar-refractivity contribution in [3.8, 4) is 11.1 Å². The molecular weight excluding hydrogens is 448 g/mol. The lowest BCUT2D eigenvalue weighted by Gasteiger charge is -2.30. The number of rotatable bonds is 7. The summed E-state index contributed by atoms with van der Waals surface area (Å²) in [5, 5.41) is 0. The van der Waals surface area contributed by atoms with E-state index < -0.39 is 23.3 Å². The molecule has 4 atom stereocenters. The number of hydrogen-bond donors (Lipinski definition) is 0. The van der Waals surface area contributed by atoms with Crippen LogP contribution in [0.25, 0.3) is 11.1 Å². The predicted octanol–water partition coefficient (Wildman–Crippen LogP) is 7.23. The molecule has 2 aliphatic rings. The molecule has 2 aromatic rings. The van der Waals surface area contributed by atoms with E-state index in [1.165, 1.54) is 24.3 Å². The lowest BCUT2D eigenvalue weighted by molar-refractivity contribution is -0.164. The van der Waals surface area contributed by atoms with Crippen molar-refractivity contribution in [2.24, 2.45) is 0 Å². The highest BCUT2D eigenvalue weighted by Crippen LogP contribution is 2.38. The van der Waals surface area contributed by atoms with Crippen molar-refractivity contribution >= 4 is 0 Å². The Labute approximate surface area is 198 Å². The van der Waals surface area contributed by atoms with E-state index in [1.54, 1.807) is 0 Å². The van der Waals surface area contributed by atoms with Gasteiger partial charge in [0, 0.05) is 29.6 Å². The van der Waals surface area contributed by atoms with Crippen LogP contribution < -0.4 is 0 Å². The summed E-state index contributed by atoms with van der Waals surface area (Å²) in [5.74, 6) is -5.00. The third kappa shape index (κ3) is 5.16. The molecule has 186 valence electrons. The van der Waals surface area contributed by atoms with Gasteiger partial charge < -0.3 is 14.2 Å². The molecule has 2 aromatic carbocycles. The van der Waals surface area contributed by atoms with Crippen LogP contribution >= 0.6 is 0 Å². The fourth-order valence-electron chi connectivity index (χ4n) is 5.07. The number of halogens is 4. The summed E-state index contributed by atoms with van der Waals surface area (Å²) in [5.41, 5.74) is -0.191. The van der Waals surface area contributed by atoms with E-state index in [9.17, 15) is 4.39 Å². The first-order valence-electron chi connectivity index (χ1n) is 12.2. The molecule has 4 unspecified atom stereocenters. The fourth-order valence-corrected chi connectivity index (χ4v) is 5.07. The van der Waals surface area contributed by atoms with Gasteiger partial charge in [-0.2, -0.15) is 0 Å². The molecule has 0 N–H and O–H groups in total. The van der Waals surface area contributed by atoms with Crippen molar-refractivity contribution < 1.29 is 31.8 Å². The average Bonchev–Trinajstić information content (AvgIpc) is 2.85. The van der Waals surface area contributed by atoms with Gasteiger partial charge in [-0.05, 0) is 50.2 Å². The molecule has 4 rings (SSSR count). The summed E-state index contributed by atoms with van der Waals surface area (Å²) in [4.78, 5) is 0. The van der Waals surface area contributed by atoms with Crippen LogP contribution in [0.1, 0.15) is 75.3 Å². The Morgan fingerprint density at radius 3 is 1.74 bits per heavy atom. The van der Waals surface area contributed by atoms with Crippen LogP contribution in [0.5, 0.6) is 0 Å². The first-order valence-corrected chi connectivity index (χ1v) is 12.2. The number of hydrogen-bond acceptors (Lipinski definition) is 3. The molecular formula is C27H32F4O3. The van der Waals surface area contributed by atoms with E-state index in [1.807, 2.05) is 6.92 Å². The second kappa shape index (κ2) is 11.2. The lowest BCUT2D eigenvalue weighted by Crippen LogP contribution is -2.27. The van der Waals surface area contributed by atoms with Crippen molar-refractivity contribution in [3.63, 3.8) is 0 Å². The standard InChI is InChI=1S/C27H32F4O3/c1-3-5-18-8-6-16(14-33-18)19-9-11-21(26(30)24(19)28)22-12-10-20(25(29)27(22)31)17-7-13-23(32-4-2)34-15-17/h9-12,16-18,23H,3-8,13-15H2,1-2H3. The molecule has 0 amide bonds. The summed E-state index contributed by atoms with van der Waals surface area (Å²) in [6.45, 7) is 5.00. The van der Waals surface area contributed by atoms with Gasteiger partial charge in [-0.1, -0.05) is 37.6 Å². The smallest absolute Gasteiger partial charge is 0.167 e. The molecule has 0 bridgehead atoms. The van der Waals surface area contributed by atoms with E-state index >= 15 is 13.2 Å². The summed E-state index contributed by atoms with van der Waals surface area (Å²) in [6, 6.07) is 5.56. The molecule has 0 spiro atoms. The largest absolute Gasteiger partial charge is 0.378 e. The third-order valence-corrected chi connectivity index (χ3v) is 6.96. The van der Waals surface area contributed by atoms with Crippen molar-refractivity contribution in [2.45, 2.75) is 76.6 Å². The molecule has 7 heteroatoms. The average molecular weight is 481 g/mol. The van der Waals surface area contributed by atoms with Gasteiger partial charge in [0.25, 0.3) is 0 Å². The second-order valence-electron chi connectivity index (χ2n) is 9.17. The Morgan fingerprint density at radius 2 is 1.29 bits per heavy atom. The van der Waals surface area contributed by atoms with Gasteiger partial charge in [0.15, 0.2) is 29.6 Å².